The van der Waals surface area contributed by atoms with Gasteiger partial charge in [-0.15, -0.1) is 0 Å². The molecule has 0 unspecified atom stereocenters. The molecule has 4 nitrogen and oxygen atoms in total. The molecular weight excluding hydrogens is 621 g/mol. The number of para-hydroxylation sites is 1. The summed E-state index contributed by atoms with van der Waals surface area (Å²) in [7, 11) is 0. The van der Waals surface area contributed by atoms with Crippen LogP contribution in [-0.2, 0) is 0 Å². The smallest absolute Gasteiger partial charge is 0.160 e. The van der Waals surface area contributed by atoms with Crippen LogP contribution in [0.15, 0.2) is 182 Å². The Morgan fingerprint density at radius 2 is 0.941 bits per heavy atom. The van der Waals surface area contributed by atoms with E-state index in [1.54, 1.807) is 0 Å². The lowest BCUT2D eigenvalue weighted by atomic mass is 10.00. The third-order valence-electron chi connectivity index (χ3n) is 9.76. The monoisotopic (exact) mass is 650 g/mol. The quantitative estimate of drug-likeness (QED) is 0.174. The van der Waals surface area contributed by atoms with Crippen LogP contribution in [0, 0.1) is 0 Å². The first kappa shape index (κ1) is 29.0. The fourth-order valence-electron chi connectivity index (χ4n) is 7.35. The van der Waals surface area contributed by atoms with Crippen molar-refractivity contribution in [3.05, 3.63) is 182 Å². The largest absolute Gasteiger partial charge is 0.307 e. The van der Waals surface area contributed by atoms with Gasteiger partial charge in [0, 0.05) is 44.1 Å². The molecule has 0 bridgehead atoms. The third kappa shape index (κ3) is 4.96. The first-order chi connectivity index (χ1) is 25.3. The van der Waals surface area contributed by atoms with Gasteiger partial charge in [-0.3, -0.25) is 0 Å². The normalized spacial score (nSPS) is 11.5. The van der Waals surface area contributed by atoms with Crippen molar-refractivity contribution in [2.75, 3.05) is 0 Å². The number of nitrogens with zero attached hydrogens (tertiary/aromatic N) is 4. The van der Waals surface area contributed by atoms with Gasteiger partial charge < -0.3 is 4.57 Å². The minimum Gasteiger partial charge on any atom is -0.307 e. The summed E-state index contributed by atoms with van der Waals surface area (Å²) < 4.78 is 2.37. The maximum Gasteiger partial charge on any atom is 0.160 e. The highest BCUT2D eigenvalue weighted by molar-refractivity contribution is 6.25. The van der Waals surface area contributed by atoms with E-state index in [-0.39, 0.29) is 0 Å². The molecule has 0 spiro atoms. The summed E-state index contributed by atoms with van der Waals surface area (Å²) in [6, 6.07) is 63.6. The van der Waals surface area contributed by atoms with Crippen molar-refractivity contribution >= 4 is 43.5 Å². The highest BCUT2D eigenvalue weighted by atomic mass is 15.0. The predicted octanol–water partition coefficient (Wildman–Crippen LogP) is 11.9. The van der Waals surface area contributed by atoms with Gasteiger partial charge in [0.25, 0.3) is 0 Å². The van der Waals surface area contributed by atoms with E-state index < -0.39 is 0 Å². The van der Waals surface area contributed by atoms with E-state index in [1.165, 1.54) is 21.5 Å². The van der Waals surface area contributed by atoms with Crippen LogP contribution in [0.2, 0.25) is 0 Å². The zero-order chi connectivity index (χ0) is 33.7. The highest BCUT2D eigenvalue weighted by Crippen LogP contribution is 2.42. The van der Waals surface area contributed by atoms with Crippen LogP contribution < -0.4 is 0 Å². The van der Waals surface area contributed by atoms with Crippen molar-refractivity contribution in [3.63, 3.8) is 0 Å². The second-order valence-corrected chi connectivity index (χ2v) is 12.9. The summed E-state index contributed by atoms with van der Waals surface area (Å²) in [4.78, 5) is 15.6. The van der Waals surface area contributed by atoms with E-state index in [0.29, 0.717) is 5.82 Å². The maximum atomic E-state index is 5.41. The fraction of sp³-hybridized carbons (Fsp3) is 0. The lowest BCUT2D eigenvalue weighted by Crippen LogP contribution is -1.99. The summed E-state index contributed by atoms with van der Waals surface area (Å²) in [6.07, 6.45) is 0. The van der Waals surface area contributed by atoms with Gasteiger partial charge in [-0.2, -0.15) is 0 Å². The van der Waals surface area contributed by atoms with Crippen molar-refractivity contribution in [1.82, 2.24) is 19.5 Å². The molecule has 3 heterocycles. The van der Waals surface area contributed by atoms with Gasteiger partial charge in [0.2, 0.25) is 0 Å². The van der Waals surface area contributed by atoms with Crippen LogP contribution in [-0.4, -0.2) is 19.5 Å². The average molecular weight is 651 g/mol. The Kier molecular flexibility index (Phi) is 6.78. The Morgan fingerprint density at radius 3 is 1.59 bits per heavy atom. The lowest BCUT2D eigenvalue weighted by molar-refractivity contribution is 1.16. The second-order valence-electron chi connectivity index (χ2n) is 12.9. The molecule has 3 aromatic heterocycles. The summed E-state index contributed by atoms with van der Waals surface area (Å²) in [5.41, 5.74) is 11.1. The minimum atomic E-state index is 0.688. The first-order valence-corrected chi connectivity index (χ1v) is 17.2. The molecule has 4 heteroatoms. The molecular formula is C47H30N4. The van der Waals surface area contributed by atoms with Crippen LogP contribution in [0.1, 0.15) is 0 Å². The fourth-order valence-corrected chi connectivity index (χ4v) is 7.35. The predicted molar refractivity (Wildman–Crippen MR) is 211 cm³/mol. The van der Waals surface area contributed by atoms with E-state index in [4.69, 9.17) is 15.0 Å². The molecule has 0 aliphatic rings. The number of pyridine rings is 1. The number of benzene rings is 7. The van der Waals surface area contributed by atoms with Crippen molar-refractivity contribution < 1.29 is 0 Å². The maximum absolute atomic E-state index is 5.41. The van der Waals surface area contributed by atoms with E-state index >= 15 is 0 Å². The van der Waals surface area contributed by atoms with Crippen LogP contribution in [0.4, 0.5) is 0 Å². The molecule has 238 valence electrons. The van der Waals surface area contributed by atoms with Gasteiger partial charge in [-0.25, -0.2) is 15.0 Å². The number of aromatic nitrogens is 4. The van der Waals surface area contributed by atoms with Crippen LogP contribution >= 0.6 is 0 Å². The van der Waals surface area contributed by atoms with Crippen molar-refractivity contribution in [2.45, 2.75) is 0 Å². The van der Waals surface area contributed by atoms with Gasteiger partial charge in [0.1, 0.15) is 0 Å². The number of hydrogen-bond acceptors (Lipinski definition) is 3. The van der Waals surface area contributed by atoms with Crippen LogP contribution in [0.3, 0.4) is 0 Å². The zero-order valence-corrected chi connectivity index (χ0v) is 27.6. The zero-order valence-electron chi connectivity index (χ0n) is 27.6. The van der Waals surface area contributed by atoms with E-state index in [9.17, 15) is 0 Å². The van der Waals surface area contributed by atoms with Gasteiger partial charge in [0.15, 0.2) is 5.82 Å². The first-order valence-electron chi connectivity index (χ1n) is 17.2. The Bertz CT molecular complexity index is 2820. The van der Waals surface area contributed by atoms with Crippen LogP contribution in [0.25, 0.3) is 94.3 Å². The molecule has 7 aromatic carbocycles. The van der Waals surface area contributed by atoms with Crippen molar-refractivity contribution in [3.8, 4) is 50.8 Å². The number of hydrogen-bond donors (Lipinski definition) is 0. The summed E-state index contributed by atoms with van der Waals surface area (Å²) >= 11 is 0. The minimum absolute atomic E-state index is 0.688. The summed E-state index contributed by atoms with van der Waals surface area (Å²) in [5.74, 6) is 0.688. The van der Waals surface area contributed by atoms with Crippen molar-refractivity contribution in [1.29, 1.82) is 0 Å². The lowest BCUT2D eigenvalue weighted by Gasteiger charge is -2.14. The summed E-state index contributed by atoms with van der Waals surface area (Å²) in [6.45, 7) is 0. The summed E-state index contributed by atoms with van der Waals surface area (Å²) in [5, 5.41) is 5.94. The molecule has 0 aliphatic carbocycles. The second kappa shape index (κ2) is 11.9. The standard InChI is InChI=1S/C47H30N4/c1-4-14-31(15-5-1)40-30-41(32-16-6-2-7-17-32)50-47(49-40)34-24-26-37(27-25-34)51-43-23-13-12-22-38(43)44-39-28-35-20-10-11-21-36(35)29-42(39)48-45(46(44)51)33-18-8-3-9-19-33/h1-30H. The van der Waals surface area contributed by atoms with E-state index in [0.717, 1.165) is 67.0 Å². The molecule has 0 atom stereocenters. The third-order valence-corrected chi connectivity index (χ3v) is 9.76. The van der Waals surface area contributed by atoms with E-state index in [1.807, 2.05) is 36.4 Å². The van der Waals surface area contributed by atoms with E-state index in [2.05, 4.69) is 150 Å². The number of rotatable bonds is 5. The van der Waals surface area contributed by atoms with Gasteiger partial charge in [-0.05, 0) is 59.3 Å². The molecule has 0 amide bonds. The Labute approximate surface area is 295 Å². The Morgan fingerprint density at radius 1 is 0.392 bits per heavy atom. The number of fused-ring (bicyclic) bond motifs is 6. The molecule has 0 fully saturated rings. The molecule has 0 radical (unpaired) electrons. The highest BCUT2D eigenvalue weighted by Gasteiger charge is 2.21. The molecule has 0 N–H and O–H groups in total. The van der Waals surface area contributed by atoms with Gasteiger partial charge in [-0.1, -0.05) is 133 Å². The molecule has 10 rings (SSSR count). The molecule has 0 saturated carbocycles. The molecule has 0 saturated heterocycles. The van der Waals surface area contributed by atoms with Crippen molar-refractivity contribution in [2.24, 2.45) is 0 Å². The topological polar surface area (TPSA) is 43.6 Å². The molecule has 10 aromatic rings. The molecule has 0 aliphatic heterocycles. The van der Waals surface area contributed by atoms with Gasteiger partial charge >= 0.3 is 0 Å². The average Bonchev–Trinajstić information content (AvgIpc) is 3.56. The Balaban J connectivity index is 1.21. The Hall–Kier alpha value is -6.91. The van der Waals surface area contributed by atoms with Crippen LogP contribution in [0.5, 0.6) is 0 Å². The van der Waals surface area contributed by atoms with Gasteiger partial charge in [0.05, 0.1) is 33.6 Å². The molecule has 51 heavy (non-hydrogen) atoms. The SMILES string of the molecule is c1ccc(-c2cc(-c3ccccc3)nc(-c3ccc(-n4c5ccccc5c5c6cc7ccccc7cc6nc(-c6ccccc6)c54)cc3)n2)cc1.